The Morgan fingerprint density at radius 2 is 2.05 bits per heavy atom. The van der Waals surface area contributed by atoms with Gasteiger partial charge in [-0.2, -0.15) is 0 Å². The van der Waals surface area contributed by atoms with Crippen molar-refractivity contribution in [1.29, 1.82) is 0 Å². The second-order valence-corrected chi connectivity index (χ2v) is 7.72. The van der Waals surface area contributed by atoms with Gasteiger partial charge >= 0.3 is 0 Å². The van der Waals surface area contributed by atoms with Crippen molar-refractivity contribution < 1.29 is 9.59 Å². The van der Waals surface area contributed by atoms with E-state index in [1.54, 1.807) is 0 Å². The van der Waals surface area contributed by atoms with Gasteiger partial charge in [0.25, 0.3) is 0 Å². The first-order chi connectivity index (χ1) is 10.7. The van der Waals surface area contributed by atoms with Crippen LogP contribution in [0.3, 0.4) is 0 Å². The first-order valence-electron chi connectivity index (χ1n) is 9.49. The lowest BCUT2D eigenvalue weighted by atomic mass is 9.65. The summed E-state index contributed by atoms with van der Waals surface area (Å²) in [5.41, 5.74) is 0.0502. The molecule has 3 aliphatic rings. The molecule has 3 nitrogen and oxygen atoms in total. The molecule has 2 aliphatic heterocycles. The minimum absolute atomic E-state index is 0.0502. The van der Waals surface area contributed by atoms with Gasteiger partial charge in [-0.05, 0) is 32.1 Å². The van der Waals surface area contributed by atoms with Crippen LogP contribution >= 0.6 is 0 Å². The van der Waals surface area contributed by atoms with Gasteiger partial charge in [0.05, 0.1) is 6.04 Å². The molecule has 4 atom stereocenters. The van der Waals surface area contributed by atoms with Crippen molar-refractivity contribution in [2.75, 3.05) is 0 Å². The van der Waals surface area contributed by atoms with E-state index in [2.05, 4.69) is 11.8 Å². The van der Waals surface area contributed by atoms with Crippen LogP contribution in [0.5, 0.6) is 0 Å². The maximum Gasteiger partial charge on any atom is 0.139 e. The van der Waals surface area contributed by atoms with Crippen LogP contribution in [-0.4, -0.2) is 34.6 Å². The first kappa shape index (κ1) is 16.2. The molecule has 0 aromatic carbocycles. The summed E-state index contributed by atoms with van der Waals surface area (Å²) in [6, 6.07) is 0.404. The lowest BCUT2D eigenvalue weighted by Crippen LogP contribution is -2.64. The Hall–Kier alpha value is -0.700. The predicted molar refractivity (Wildman–Crippen MR) is 87.8 cm³/mol. The molecule has 0 amide bonds. The van der Waals surface area contributed by atoms with Gasteiger partial charge in [-0.1, -0.05) is 45.4 Å². The molecular weight excluding hydrogens is 274 g/mol. The Kier molecular flexibility index (Phi) is 5.01. The Balaban J connectivity index is 1.78. The zero-order chi connectivity index (χ0) is 15.6. The van der Waals surface area contributed by atoms with Gasteiger partial charge in [0.15, 0.2) is 0 Å². The molecule has 1 saturated carbocycles. The molecule has 3 heteroatoms. The van der Waals surface area contributed by atoms with Crippen LogP contribution in [0, 0.1) is 5.92 Å². The van der Waals surface area contributed by atoms with E-state index in [1.165, 1.54) is 38.5 Å². The highest BCUT2D eigenvalue weighted by molar-refractivity contribution is 5.84. The fourth-order valence-corrected chi connectivity index (χ4v) is 5.58. The number of unbranched alkanes of at least 4 members (excludes halogenated alkanes) is 3. The smallest absolute Gasteiger partial charge is 0.139 e. The lowest BCUT2D eigenvalue weighted by Gasteiger charge is -2.54. The molecule has 0 N–H and O–H groups in total. The van der Waals surface area contributed by atoms with Gasteiger partial charge in [0, 0.05) is 23.9 Å². The summed E-state index contributed by atoms with van der Waals surface area (Å²) >= 11 is 0. The summed E-state index contributed by atoms with van der Waals surface area (Å²) in [5, 5.41) is 0. The number of ketones is 1. The molecule has 0 bridgehead atoms. The van der Waals surface area contributed by atoms with Crippen molar-refractivity contribution in [3.8, 4) is 0 Å². The van der Waals surface area contributed by atoms with Crippen LogP contribution in [0.25, 0.3) is 0 Å². The predicted octanol–water partition coefficient (Wildman–Crippen LogP) is 3.89. The van der Waals surface area contributed by atoms with Gasteiger partial charge in [0.1, 0.15) is 12.1 Å². The van der Waals surface area contributed by atoms with E-state index in [4.69, 9.17) is 0 Å². The standard InChI is InChI=1S/C19H31NO2/c1-2-3-4-5-8-15-13-18(22)17-9-6-7-11-19(17)12-10-16(14-21)20(15)19/h14-17H,2-13H2,1H3/t15-,16+,17-,19+/m1/s1. The molecule has 0 aromatic heterocycles. The number of Topliss-reactive ketones (excluding diaryl/α,β-unsaturated/α-hetero) is 1. The number of nitrogens with zero attached hydrogens (tertiary/aromatic N) is 1. The van der Waals surface area contributed by atoms with Gasteiger partial charge < -0.3 is 4.79 Å². The van der Waals surface area contributed by atoms with Crippen molar-refractivity contribution in [2.45, 2.75) is 102 Å². The highest BCUT2D eigenvalue weighted by Crippen LogP contribution is 2.52. The van der Waals surface area contributed by atoms with E-state index in [9.17, 15) is 9.59 Å². The third-order valence-corrected chi connectivity index (χ3v) is 6.51. The van der Waals surface area contributed by atoms with E-state index in [-0.39, 0.29) is 17.5 Å². The number of hydrogen-bond donors (Lipinski definition) is 0. The average molecular weight is 305 g/mol. The second kappa shape index (κ2) is 6.82. The Bertz CT molecular complexity index is 422. The van der Waals surface area contributed by atoms with Crippen molar-refractivity contribution >= 4 is 12.1 Å². The van der Waals surface area contributed by atoms with Gasteiger partial charge in [0.2, 0.25) is 0 Å². The molecule has 0 unspecified atom stereocenters. The van der Waals surface area contributed by atoms with Crippen molar-refractivity contribution in [1.82, 2.24) is 4.90 Å². The zero-order valence-electron chi connectivity index (χ0n) is 14.1. The van der Waals surface area contributed by atoms with Gasteiger partial charge in [-0.25, -0.2) is 0 Å². The van der Waals surface area contributed by atoms with Crippen molar-refractivity contribution in [3.63, 3.8) is 0 Å². The Morgan fingerprint density at radius 1 is 1.18 bits per heavy atom. The molecule has 0 radical (unpaired) electrons. The second-order valence-electron chi connectivity index (χ2n) is 7.72. The van der Waals surface area contributed by atoms with E-state index in [0.29, 0.717) is 18.2 Å². The monoisotopic (exact) mass is 305 g/mol. The molecule has 1 spiro atoms. The number of carbonyl (C=O) groups excluding carboxylic acids is 2. The highest BCUT2D eigenvalue weighted by Gasteiger charge is 2.58. The fraction of sp³-hybridized carbons (Fsp3) is 0.895. The average Bonchev–Trinajstić information content (AvgIpc) is 2.90. The van der Waals surface area contributed by atoms with Crippen molar-refractivity contribution in [3.05, 3.63) is 0 Å². The van der Waals surface area contributed by atoms with Crippen LogP contribution in [-0.2, 0) is 9.59 Å². The molecule has 3 rings (SSSR count). The third kappa shape index (κ3) is 2.66. The van der Waals surface area contributed by atoms with Crippen LogP contribution < -0.4 is 0 Å². The molecule has 3 fully saturated rings. The number of rotatable bonds is 6. The Labute approximate surface area is 134 Å². The molecule has 124 valence electrons. The summed E-state index contributed by atoms with van der Waals surface area (Å²) in [4.78, 5) is 26.9. The largest absolute Gasteiger partial charge is 0.302 e. The maximum atomic E-state index is 12.7. The zero-order valence-corrected chi connectivity index (χ0v) is 14.1. The Morgan fingerprint density at radius 3 is 2.82 bits per heavy atom. The molecule has 2 heterocycles. The molecule has 2 saturated heterocycles. The van der Waals surface area contributed by atoms with Crippen LogP contribution in [0.2, 0.25) is 0 Å². The summed E-state index contributed by atoms with van der Waals surface area (Å²) in [5.74, 6) is 0.723. The first-order valence-corrected chi connectivity index (χ1v) is 9.49. The number of aldehydes is 1. The topological polar surface area (TPSA) is 37.4 Å². The molecular formula is C19H31NO2. The van der Waals surface area contributed by atoms with E-state index < -0.39 is 0 Å². The summed E-state index contributed by atoms with van der Waals surface area (Å²) < 4.78 is 0. The molecule has 0 aromatic rings. The molecule has 1 aliphatic carbocycles. The summed E-state index contributed by atoms with van der Waals surface area (Å²) in [6.45, 7) is 2.23. The quantitative estimate of drug-likeness (QED) is 0.552. The van der Waals surface area contributed by atoms with Crippen molar-refractivity contribution in [2.24, 2.45) is 5.92 Å². The number of piperidine rings is 1. The lowest BCUT2D eigenvalue weighted by molar-refractivity contribution is -0.145. The maximum absolute atomic E-state index is 12.7. The highest BCUT2D eigenvalue weighted by atomic mass is 16.1. The van der Waals surface area contributed by atoms with E-state index in [1.807, 2.05) is 0 Å². The van der Waals surface area contributed by atoms with Gasteiger partial charge in [-0.3, -0.25) is 9.69 Å². The fourth-order valence-electron chi connectivity index (χ4n) is 5.58. The molecule has 22 heavy (non-hydrogen) atoms. The van der Waals surface area contributed by atoms with Gasteiger partial charge in [-0.15, -0.1) is 0 Å². The normalized spacial score (nSPS) is 38.6. The number of hydrogen-bond acceptors (Lipinski definition) is 3. The van der Waals surface area contributed by atoms with Crippen LogP contribution in [0.15, 0.2) is 0 Å². The van der Waals surface area contributed by atoms with E-state index in [0.717, 1.165) is 38.4 Å². The minimum Gasteiger partial charge on any atom is -0.302 e. The minimum atomic E-state index is 0.0502. The number of carbonyl (C=O) groups is 2. The summed E-state index contributed by atoms with van der Waals surface area (Å²) in [7, 11) is 0. The third-order valence-electron chi connectivity index (χ3n) is 6.51. The summed E-state index contributed by atoms with van der Waals surface area (Å²) in [6.07, 6.45) is 14.6. The van der Waals surface area contributed by atoms with E-state index >= 15 is 0 Å². The van der Waals surface area contributed by atoms with Crippen LogP contribution in [0.1, 0.15) is 84.0 Å². The SMILES string of the molecule is CCCCCC[C@@H]1CC(=O)[C@H]2CCCC[C@]23CC[C@@H](C=O)N13. The van der Waals surface area contributed by atoms with Crippen LogP contribution in [0.4, 0.5) is 0 Å².